The summed E-state index contributed by atoms with van der Waals surface area (Å²) < 4.78 is 12.0. The molecule has 3 nitrogen and oxygen atoms in total. The number of hydrogen-bond acceptors (Lipinski definition) is 3. The molecular weight excluding hydrogens is 382 g/mol. The fraction of sp³-hybridized carbons (Fsp3) is 0.520. The Balaban J connectivity index is 1.67. The van der Waals surface area contributed by atoms with Crippen molar-refractivity contribution in [2.45, 2.75) is 78.0 Å². The minimum absolute atomic E-state index is 0.478. The SMILES string of the molecule is CCOc1cc(CNC2CCCCCCC2)cc(Cl)c1OCc1ccccc1C. The molecule has 0 heterocycles. The van der Waals surface area contributed by atoms with E-state index in [0.29, 0.717) is 30.0 Å². The quantitative estimate of drug-likeness (QED) is 0.512. The van der Waals surface area contributed by atoms with Crippen molar-refractivity contribution in [3.8, 4) is 11.5 Å². The van der Waals surface area contributed by atoms with Gasteiger partial charge in [-0.3, -0.25) is 0 Å². The van der Waals surface area contributed by atoms with Gasteiger partial charge in [-0.1, -0.05) is 68.0 Å². The van der Waals surface area contributed by atoms with Crippen LogP contribution in [0.15, 0.2) is 36.4 Å². The Morgan fingerprint density at radius 3 is 2.45 bits per heavy atom. The van der Waals surface area contributed by atoms with Gasteiger partial charge >= 0.3 is 0 Å². The zero-order valence-electron chi connectivity index (χ0n) is 17.8. The first kappa shape index (κ1) is 22.0. The molecule has 0 unspecified atom stereocenters. The van der Waals surface area contributed by atoms with E-state index in [9.17, 15) is 0 Å². The monoisotopic (exact) mass is 415 g/mol. The standard InChI is InChI=1S/C25H34ClNO2/c1-3-28-24-16-20(17-27-22-13-7-5-4-6-8-14-22)15-23(26)25(24)29-18-21-12-10-9-11-19(21)2/h9-12,15-16,22,27H,3-8,13-14,17-18H2,1-2H3. The summed E-state index contributed by atoms with van der Waals surface area (Å²) >= 11 is 6.61. The molecule has 0 bridgehead atoms. The molecule has 0 saturated heterocycles. The third-order valence-corrected chi connectivity index (χ3v) is 5.98. The zero-order chi connectivity index (χ0) is 20.5. The van der Waals surface area contributed by atoms with Crippen LogP contribution >= 0.6 is 11.6 Å². The van der Waals surface area contributed by atoms with Gasteiger partial charge in [0.25, 0.3) is 0 Å². The van der Waals surface area contributed by atoms with Crippen molar-refractivity contribution >= 4 is 11.6 Å². The van der Waals surface area contributed by atoms with Crippen molar-refractivity contribution in [3.05, 3.63) is 58.1 Å². The molecule has 0 aromatic heterocycles. The normalized spacial score (nSPS) is 15.6. The smallest absolute Gasteiger partial charge is 0.180 e. The summed E-state index contributed by atoms with van der Waals surface area (Å²) in [5.41, 5.74) is 3.51. The fourth-order valence-corrected chi connectivity index (χ4v) is 4.26. The summed E-state index contributed by atoms with van der Waals surface area (Å²) in [5, 5.41) is 4.34. The van der Waals surface area contributed by atoms with Crippen molar-refractivity contribution in [2.75, 3.05) is 6.61 Å². The van der Waals surface area contributed by atoms with Gasteiger partial charge in [0.15, 0.2) is 11.5 Å². The minimum Gasteiger partial charge on any atom is -0.490 e. The Kier molecular flexibility index (Phi) is 8.69. The van der Waals surface area contributed by atoms with E-state index >= 15 is 0 Å². The first-order valence-electron chi connectivity index (χ1n) is 11.0. The second kappa shape index (κ2) is 11.5. The summed E-state index contributed by atoms with van der Waals surface area (Å²) in [7, 11) is 0. The van der Waals surface area contributed by atoms with Gasteiger partial charge in [0.2, 0.25) is 0 Å². The average molecular weight is 416 g/mol. The highest BCUT2D eigenvalue weighted by molar-refractivity contribution is 6.32. The number of ether oxygens (including phenoxy) is 2. The summed E-state index contributed by atoms with van der Waals surface area (Å²) in [6, 6.07) is 12.9. The molecule has 1 N–H and O–H groups in total. The maximum absolute atomic E-state index is 6.61. The van der Waals surface area contributed by atoms with Crippen molar-refractivity contribution in [2.24, 2.45) is 0 Å². The van der Waals surface area contributed by atoms with E-state index in [2.05, 4.69) is 30.4 Å². The van der Waals surface area contributed by atoms with Gasteiger partial charge in [0.1, 0.15) is 6.61 Å². The van der Waals surface area contributed by atoms with Crippen molar-refractivity contribution in [1.29, 1.82) is 0 Å². The lowest BCUT2D eigenvalue weighted by Crippen LogP contribution is -2.29. The van der Waals surface area contributed by atoms with E-state index in [4.69, 9.17) is 21.1 Å². The fourth-order valence-electron chi connectivity index (χ4n) is 3.97. The predicted octanol–water partition coefficient (Wildman–Crippen LogP) is 6.83. The number of nitrogens with one attached hydrogen (secondary N) is 1. The van der Waals surface area contributed by atoms with Gasteiger partial charge in [-0.15, -0.1) is 0 Å². The Hall–Kier alpha value is -1.71. The van der Waals surface area contributed by atoms with Gasteiger partial charge in [-0.05, 0) is 55.5 Å². The Bertz CT molecular complexity index is 769. The van der Waals surface area contributed by atoms with Crippen molar-refractivity contribution in [3.63, 3.8) is 0 Å². The Labute approximate surface area is 180 Å². The molecule has 1 fully saturated rings. The minimum atomic E-state index is 0.478. The molecule has 158 valence electrons. The molecule has 0 atom stereocenters. The lowest BCUT2D eigenvalue weighted by atomic mass is 9.96. The molecule has 0 spiro atoms. The summed E-state index contributed by atoms with van der Waals surface area (Å²) in [4.78, 5) is 0. The summed E-state index contributed by atoms with van der Waals surface area (Å²) in [5.74, 6) is 1.36. The number of hydrogen-bond donors (Lipinski definition) is 1. The van der Waals surface area contributed by atoms with Crippen LogP contribution in [-0.2, 0) is 13.2 Å². The third-order valence-electron chi connectivity index (χ3n) is 5.70. The summed E-state index contributed by atoms with van der Waals surface area (Å²) in [6.45, 7) is 5.94. The molecule has 0 radical (unpaired) electrons. The van der Waals surface area contributed by atoms with Gasteiger partial charge in [-0.2, -0.15) is 0 Å². The predicted molar refractivity (Wildman–Crippen MR) is 121 cm³/mol. The molecule has 0 aliphatic heterocycles. The molecule has 2 aromatic rings. The molecule has 4 heteroatoms. The Morgan fingerprint density at radius 2 is 1.72 bits per heavy atom. The number of benzene rings is 2. The maximum atomic E-state index is 6.61. The number of rotatable bonds is 8. The highest BCUT2D eigenvalue weighted by Gasteiger charge is 2.15. The first-order valence-corrected chi connectivity index (χ1v) is 11.4. The molecule has 1 aliphatic rings. The van der Waals surface area contributed by atoms with Gasteiger partial charge < -0.3 is 14.8 Å². The van der Waals surface area contributed by atoms with Crippen LogP contribution in [0, 0.1) is 6.92 Å². The van der Waals surface area contributed by atoms with E-state index in [1.54, 1.807) is 0 Å². The average Bonchev–Trinajstić information content (AvgIpc) is 2.68. The van der Waals surface area contributed by atoms with Crippen LogP contribution in [0.4, 0.5) is 0 Å². The van der Waals surface area contributed by atoms with Gasteiger partial charge in [0, 0.05) is 12.6 Å². The first-order chi connectivity index (χ1) is 14.2. The molecule has 0 amide bonds. The van der Waals surface area contributed by atoms with E-state index in [-0.39, 0.29) is 0 Å². The van der Waals surface area contributed by atoms with E-state index in [0.717, 1.165) is 23.4 Å². The Morgan fingerprint density at radius 1 is 1.00 bits per heavy atom. The van der Waals surface area contributed by atoms with Crippen molar-refractivity contribution in [1.82, 2.24) is 5.32 Å². The number of halogens is 1. The zero-order valence-corrected chi connectivity index (χ0v) is 18.6. The molecule has 29 heavy (non-hydrogen) atoms. The summed E-state index contributed by atoms with van der Waals surface area (Å²) in [6.07, 6.45) is 9.32. The lowest BCUT2D eigenvalue weighted by Gasteiger charge is -2.22. The van der Waals surface area contributed by atoms with Crippen LogP contribution < -0.4 is 14.8 Å². The van der Waals surface area contributed by atoms with E-state index in [1.807, 2.05) is 25.1 Å². The third kappa shape index (κ3) is 6.65. The van der Waals surface area contributed by atoms with E-state index < -0.39 is 0 Å². The molecule has 1 saturated carbocycles. The second-order valence-electron chi connectivity index (χ2n) is 7.98. The second-order valence-corrected chi connectivity index (χ2v) is 8.38. The van der Waals surface area contributed by atoms with Crippen LogP contribution in [0.5, 0.6) is 11.5 Å². The van der Waals surface area contributed by atoms with Crippen LogP contribution in [0.2, 0.25) is 5.02 Å². The van der Waals surface area contributed by atoms with Crippen LogP contribution in [-0.4, -0.2) is 12.6 Å². The largest absolute Gasteiger partial charge is 0.490 e. The number of aryl methyl sites for hydroxylation is 1. The topological polar surface area (TPSA) is 30.5 Å². The highest BCUT2D eigenvalue weighted by atomic mass is 35.5. The van der Waals surface area contributed by atoms with Gasteiger partial charge in [-0.25, -0.2) is 0 Å². The highest BCUT2D eigenvalue weighted by Crippen LogP contribution is 2.37. The molecule has 3 rings (SSSR count). The van der Waals surface area contributed by atoms with E-state index in [1.165, 1.54) is 50.5 Å². The van der Waals surface area contributed by atoms with Crippen LogP contribution in [0.1, 0.15) is 68.6 Å². The van der Waals surface area contributed by atoms with Crippen LogP contribution in [0.3, 0.4) is 0 Å². The van der Waals surface area contributed by atoms with Crippen molar-refractivity contribution < 1.29 is 9.47 Å². The lowest BCUT2D eigenvalue weighted by molar-refractivity contribution is 0.268. The van der Waals surface area contributed by atoms with Crippen LogP contribution in [0.25, 0.3) is 0 Å². The molecule has 1 aliphatic carbocycles. The molecule has 2 aromatic carbocycles. The maximum Gasteiger partial charge on any atom is 0.180 e. The van der Waals surface area contributed by atoms with Gasteiger partial charge in [0.05, 0.1) is 11.6 Å². The molecular formula is C25H34ClNO2.